The molecule has 15 heavy (non-hydrogen) atoms. The first kappa shape index (κ1) is 11.6. The van der Waals surface area contributed by atoms with Crippen molar-refractivity contribution in [3.63, 3.8) is 0 Å². The van der Waals surface area contributed by atoms with Crippen molar-refractivity contribution in [2.45, 2.75) is 12.2 Å². The third-order valence-corrected chi connectivity index (χ3v) is 2.05. The number of nitrogens with two attached hydrogens (primary N) is 1. The molecule has 5 heteroatoms. The topological polar surface area (TPSA) is 90.3 Å². The summed E-state index contributed by atoms with van der Waals surface area (Å²) < 4.78 is 13.2. The Labute approximate surface area is 86.4 Å². The van der Waals surface area contributed by atoms with Crippen LogP contribution in [-0.2, 0) is 0 Å². The van der Waals surface area contributed by atoms with Gasteiger partial charge in [0.2, 0.25) is 0 Å². The van der Waals surface area contributed by atoms with Gasteiger partial charge in [-0.2, -0.15) is 5.26 Å². The van der Waals surface area contributed by atoms with Crippen LogP contribution in [0.3, 0.4) is 0 Å². The molecule has 2 atom stereocenters. The van der Waals surface area contributed by atoms with Crippen LogP contribution in [0.5, 0.6) is 0 Å². The van der Waals surface area contributed by atoms with Gasteiger partial charge in [0.05, 0.1) is 17.7 Å². The standard InChI is InChI=1S/C10H11FN2O2/c11-8-2-1-6(4-12)3-7(8)10(15)9(14)5-13/h1-3,9-10,14-15H,5,13H2. The summed E-state index contributed by atoms with van der Waals surface area (Å²) in [6.07, 6.45) is -2.66. The Morgan fingerprint density at radius 3 is 2.67 bits per heavy atom. The van der Waals surface area contributed by atoms with Gasteiger partial charge in [-0.3, -0.25) is 0 Å². The first-order valence-electron chi connectivity index (χ1n) is 4.36. The number of benzene rings is 1. The van der Waals surface area contributed by atoms with Crippen molar-refractivity contribution in [1.82, 2.24) is 0 Å². The van der Waals surface area contributed by atoms with E-state index in [4.69, 9.17) is 11.0 Å². The summed E-state index contributed by atoms with van der Waals surface area (Å²) in [7, 11) is 0. The molecule has 1 aromatic carbocycles. The number of nitrogens with zero attached hydrogens (tertiary/aromatic N) is 1. The Morgan fingerprint density at radius 1 is 1.47 bits per heavy atom. The maximum Gasteiger partial charge on any atom is 0.129 e. The van der Waals surface area contributed by atoms with E-state index < -0.39 is 18.0 Å². The molecule has 0 spiro atoms. The van der Waals surface area contributed by atoms with Gasteiger partial charge in [-0.05, 0) is 18.2 Å². The normalized spacial score (nSPS) is 14.3. The van der Waals surface area contributed by atoms with Gasteiger partial charge in [0.1, 0.15) is 11.9 Å². The summed E-state index contributed by atoms with van der Waals surface area (Å²) in [6.45, 7) is -0.183. The predicted molar refractivity (Wildman–Crippen MR) is 51.1 cm³/mol. The molecule has 0 amide bonds. The largest absolute Gasteiger partial charge is 0.389 e. The lowest BCUT2D eigenvalue weighted by atomic mass is 10.0. The maximum atomic E-state index is 13.2. The minimum absolute atomic E-state index is 0.119. The van der Waals surface area contributed by atoms with Crippen LogP contribution in [0.1, 0.15) is 17.2 Å². The van der Waals surface area contributed by atoms with E-state index in [1.807, 2.05) is 6.07 Å². The number of aliphatic hydroxyl groups excluding tert-OH is 2. The Hall–Kier alpha value is -1.48. The molecular formula is C10H11FN2O2. The van der Waals surface area contributed by atoms with Gasteiger partial charge in [-0.1, -0.05) is 0 Å². The first-order chi connectivity index (χ1) is 7.10. The predicted octanol–water partition coefficient (Wildman–Crippen LogP) is 0.0504. The lowest BCUT2D eigenvalue weighted by molar-refractivity contribution is 0.0222. The molecule has 2 unspecified atom stereocenters. The van der Waals surface area contributed by atoms with Gasteiger partial charge >= 0.3 is 0 Å². The highest BCUT2D eigenvalue weighted by molar-refractivity contribution is 5.35. The van der Waals surface area contributed by atoms with Crippen LogP contribution >= 0.6 is 0 Å². The molecule has 0 aromatic heterocycles. The summed E-state index contributed by atoms with van der Waals surface area (Å²) in [4.78, 5) is 0. The van der Waals surface area contributed by atoms with E-state index in [1.165, 1.54) is 12.1 Å². The van der Waals surface area contributed by atoms with E-state index >= 15 is 0 Å². The van der Waals surface area contributed by atoms with Crippen LogP contribution in [0.25, 0.3) is 0 Å². The molecule has 80 valence electrons. The highest BCUT2D eigenvalue weighted by Crippen LogP contribution is 2.21. The van der Waals surface area contributed by atoms with Crippen molar-refractivity contribution >= 4 is 0 Å². The molecule has 1 aromatic rings. The molecular weight excluding hydrogens is 199 g/mol. The summed E-state index contributed by atoms with van der Waals surface area (Å²) in [5.41, 5.74) is 5.23. The van der Waals surface area contributed by atoms with E-state index in [9.17, 15) is 14.6 Å². The van der Waals surface area contributed by atoms with Crippen molar-refractivity contribution in [3.05, 3.63) is 35.1 Å². The van der Waals surface area contributed by atoms with Gasteiger partial charge in [-0.15, -0.1) is 0 Å². The van der Waals surface area contributed by atoms with E-state index in [1.54, 1.807) is 0 Å². The maximum absolute atomic E-state index is 13.2. The van der Waals surface area contributed by atoms with Gasteiger partial charge in [0.25, 0.3) is 0 Å². The zero-order valence-electron chi connectivity index (χ0n) is 7.89. The average molecular weight is 210 g/mol. The molecule has 0 saturated carbocycles. The van der Waals surface area contributed by atoms with Crippen LogP contribution in [0.4, 0.5) is 4.39 Å². The van der Waals surface area contributed by atoms with Crippen LogP contribution in [0, 0.1) is 17.1 Å². The molecule has 0 aliphatic carbocycles. The van der Waals surface area contributed by atoms with Gasteiger partial charge in [0, 0.05) is 12.1 Å². The highest BCUT2D eigenvalue weighted by atomic mass is 19.1. The smallest absolute Gasteiger partial charge is 0.129 e. The third-order valence-electron chi connectivity index (χ3n) is 2.05. The van der Waals surface area contributed by atoms with E-state index in [0.717, 1.165) is 6.07 Å². The Balaban J connectivity index is 3.07. The molecule has 0 aliphatic heterocycles. The molecule has 0 aliphatic rings. The SMILES string of the molecule is N#Cc1ccc(F)c(C(O)C(O)CN)c1. The summed E-state index contributed by atoms with van der Waals surface area (Å²) in [6, 6.07) is 5.37. The fourth-order valence-electron chi connectivity index (χ4n) is 1.18. The second kappa shape index (κ2) is 4.84. The molecule has 0 saturated heterocycles. The first-order valence-corrected chi connectivity index (χ1v) is 4.36. The number of rotatable bonds is 3. The Morgan fingerprint density at radius 2 is 2.13 bits per heavy atom. The fourth-order valence-corrected chi connectivity index (χ4v) is 1.18. The van der Waals surface area contributed by atoms with Crippen molar-refractivity contribution in [3.8, 4) is 6.07 Å². The average Bonchev–Trinajstić information content (AvgIpc) is 2.27. The van der Waals surface area contributed by atoms with E-state index in [2.05, 4.69) is 0 Å². The second-order valence-corrected chi connectivity index (χ2v) is 3.10. The zero-order chi connectivity index (χ0) is 11.4. The molecule has 0 bridgehead atoms. The van der Waals surface area contributed by atoms with Gasteiger partial charge < -0.3 is 15.9 Å². The lowest BCUT2D eigenvalue weighted by Gasteiger charge is -2.16. The molecule has 0 heterocycles. The second-order valence-electron chi connectivity index (χ2n) is 3.10. The zero-order valence-corrected chi connectivity index (χ0v) is 7.89. The van der Waals surface area contributed by atoms with Crippen LogP contribution in [-0.4, -0.2) is 22.9 Å². The minimum atomic E-state index is -1.41. The van der Waals surface area contributed by atoms with Gasteiger partial charge in [0.15, 0.2) is 0 Å². The number of nitriles is 1. The molecule has 0 fully saturated rings. The number of hydrogen-bond acceptors (Lipinski definition) is 4. The van der Waals surface area contributed by atoms with Crippen LogP contribution in [0.2, 0.25) is 0 Å². The van der Waals surface area contributed by atoms with Crippen molar-refractivity contribution in [1.29, 1.82) is 5.26 Å². The molecule has 4 N–H and O–H groups in total. The molecule has 4 nitrogen and oxygen atoms in total. The number of halogens is 1. The lowest BCUT2D eigenvalue weighted by Crippen LogP contribution is -2.27. The summed E-state index contributed by atoms with van der Waals surface area (Å²) in [5.74, 6) is -0.672. The van der Waals surface area contributed by atoms with Crippen LogP contribution in [0.15, 0.2) is 18.2 Å². The highest BCUT2D eigenvalue weighted by Gasteiger charge is 2.20. The van der Waals surface area contributed by atoms with E-state index in [0.29, 0.717) is 0 Å². The van der Waals surface area contributed by atoms with Crippen molar-refractivity contribution < 1.29 is 14.6 Å². The quantitative estimate of drug-likeness (QED) is 0.657. The Bertz CT molecular complexity index is 389. The monoisotopic (exact) mass is 210 g/mol. The minimum Gasteiger partial charge on any atom is -0.389 e. The summed E-state index contributed by atoms with van der Waals surface area (Å²) >= 11 is 0. The molecule has 0 radical (unpaired) electrons. The summed E-state index contributed by atoms with van der Waals surface area (Å²) in [5, 5.41) is 27.3. The fraction of sp³-hybridized carbons (Fsp3) is 0.300. The van der Waals surface area contributed by atoms with E-state index in [-0.39, 0.29) is 17.7 Å². The van der Waals surface area contributed by atoms with Gasteiger partial charge in [-0.25, -0.2) is 4.39 Å². The number of hydrogen-bond donors (Lipinski definition) is 3. The van der Waals surface area contributed by atoms with Crippen LogP contribution < -0.4 is 5.73 Å². The number of aliphatic hydroxyl groups is 2. The van der Waals surface area contributed by atoms with Crippen molar-refractivity contribution in [2.75, 3.05) is 6.54 Å². The Kier molecular flexibility index (Phi) is 3.74. The third kappa shape index (κ3) is 2.50. The van der Waals surface area contributed by atoms with Crippen molar-refractivity contribution in [2.24, 2.45) is 5.73 Å². The molecule has 1 rings (SSSR count).